The van der Waals surface area contributed by atoms with Crippen molar-refractivity contribution in [1.82, 2.24) is 30.5 Å². The highest BCUT2D eigenvalue weighted by atomic mass is 32.1. The van der Waals surface area contributed by atoms with Crippen LogP contribution in [0.25, 0.3) is 21.7 Å². The van der Waals surface area contributed by atoms with Gasteiger partial charge in [-0.2, -0.15) is 4.98 Å². The van der Waals surface area contributed by atoms with Crippen LogP contribution in [0.3, 0.4) is 0 Å². The van der Waals surface area contributed by atoms with E-state index in [0.29, 0.717) is 22.9 Å². The average Bonchev–Trinajstić information content (AvgIpc) is 3.48. The second-order valence-electron chi connectivity index (χ2n) is 11.7. The molecule has 39 heavy (non-hydrogen) atoms. The number of hydrogen-bond donors (Lipinski definition) is 3. The van der Waals surface area contributed by atoms with Gasteiger partial charge in [-0.15, -0.1) is 11.3 Å². The summed E-state index contributed by atoms with van der Waals surface area (Å²) in [6.07, 6.45) is 1.09. The molecule has 1 aliphatic heterocycles. The molecular formula is C27H34N6O5S. The van der Waals surface area contributed by atoms with E-state index in [1.54, 1.807) is 18.3 Å². The second-order valence-corrected chi connectivity index (χ2v) is 12.6. The van der Waals surface area contributed by atoms with Crippen molar-refractivity contribution in [3.8, 4) is 17.4 Å². The lowest BCUT2D eigenvalue weighted by atomic mass is 9.85. The topological polar surface area (TPSA) is 147 Å². The van der Waals surface area contributed by atoms with Gasteiger partial charge < -0.3 is 25.4 Å². The molecule has 0 radical (unpaired) electrons. The fourth-order valence-corrected chi connectivity index (χ4v) is 5.13. The zero-order valence-corrected chi connectivity index (χ0v) is 23.7. The van der Waals surface area contributed by atoms with Crippen molar-refractivity contribution in [2.24, 2.45) is 5.41 Å². The van der Waals surface area contributed by atoms with E-state index < -0.39 is 47.0 Å². The molecule has 1 unspecified atom stereocenters. The summed E-state index contributed by atoms with van der Waals surface area (Å²) in [5.74, 6) is -0.921. The lowest BCUT2D eigenvalue weighted by molar-refractivity contribution is -0.150. The van der Waals surface area contributed by atoms with Crippen LogP contribution >= 0.6 is 11.3 Å². The number of rotatable bonds is 6. The number of carboxylic acid groups (broad SMARTS) is 1. The zero-order chi connectivity index (χ0) is 28.5. The van der Waals surface area contributed by atoms with Crippen LogP contribution in [0.2, 0.25) is 0 Å². The largest absolute Gasteiger partial charge is 0.480 e. The molecule has 3 amide bonds. The Morgan fingerprint density at radius 2 is 1.87 bits per heavy atom. The molecule has 3 atom stereocenters. The van der Waals surface area contributed by atoms with Crippen molar-refractivity contribution >= 4 is 39.5 Å². The first kappa shape index (κ1) is 28.2. The molecule has 0 aliphatic carbocycles. The van der Waals surface area contributed by atoms with Gasteiger partial charge in [0.25, 0.3) is 0 Å². The summed E-state index contributed by atoms with van der Waals surface area (Å²) < 4.78 is 6.98. The molecular weight excluding hydrogens is 520 g/mol. The molecule has 3 N–H and O–H groups in total. The molecule has 0 spiro atoms. The number of amides is 3. The van der Waals surface area contributed by atoms with Gasteiger partial charge in [-0.05, 0) is 49.8 Å². The van der Waals surface area contributed by atoms with Gasteiger partial charge in [0.15, 0.2) is 5.82 Å². The van der Waals surface area contributed by atoms with Crippen LogP contribution in [0.1, 0.15) is 48.0 Å². The van der Waals surface area contributed by atoms with E-state index in [4.69, 9.17) is 4.74 Å². The van der Waals surface area contributed by atoms with Crippen molar-refractivity contribution in [2.75, 3.05) is 6.54 Å². The summed E-state index contributed by atoms with van der Waals surface area (Å²) in [6, 6.07) is 4.71. The van der Waals surface area contributed by atoms with Gasteiger partial charge in [0.2, 0.25) is 11.8 Å². The van der Waals surface area contributed by atoms with Gasteiger partial charge in [0.05, 0.1) is 12.1 Å². The third-order valence-electron chi connectivity index (χ3n) is 6.15. The number of aliphatic carboxylic acids is 1. The van der Waals surface area contributed by atoms with Crippen LogP contribution in [0.4, 0.5) is 4.79 Å². The Morgan fingerprint density at radius 1 is 1.13 bits per heavy atom. The van der Waals surface area contributed by atoms with Crippen LogP contribution in [0.15, 0.2) is 35.8 Å². The number of aromatic nitrogens is 3. The maximum absolute atomic E-state index is 13.7. The fraction of sp³-hybridized carbons (Fsp3) is 0.481. The predicted octanol–water partition coefficient (Wildman–Crippen LogP) is 3.70. The van der Waals surface area contributed by atoms with E-state index in [0.717, 1.165) is 4.70 Å². The Bertz CT molecular complexity index is 1360. The minimum Gasteiger partial charge on any atom is -0.480 e. The number of fused-ring (bicyclic) bond motifs is 1. The summed E-state index contributed by atoms with van der Waals surface area (Å²) in [5.41, 5.74) is 0.0783. The van der Waals surface area contributed by atoms with Crippen molar-refractivity contribution in [2.45, 2.75) is 71.7 Å². The standard InChI is InChI=1S/C27H34N6O5S/c1-26(2,3)20(30-25(37)32-27(4,5)6)23(34)33-14-15(13-18(33)24(35)36)38-22-19-16(10-12-39-19)29-21(31-22)17-9-7-8-11-28-17/h7-12,15,18,20H,13-14H2,1-6H3,(H,35,36)(H2,30,32,37)/t15-,18?,20-/m1/s1. The molecule has 0 bridgehead atoms. The molecule has 3 aromatic heterocycles. The first-order valence-corrected chi connectivity index (χ1v) is 13.6. The van der Waals surface area contributed by atoms with E-state index in [1.807, 2.05) is 59.1 Å². The van der Waals surface area contributed by atoms with Gasteiger partial charge in [0, 0.05) is 18.2 Å². The highest BCUT2D eigenvalue weighted by Gasteiger charge is 2.46. The number of nitrogens with zero attached hydrogens (tertiary/aromatic N) is 4. The molecule has 1 saturated heterocycles. The van der Waals surface area contributed by atoms with Crippen LogP contribution in [-0.2, 0) is 9.59 Å². The fourth-order valence-electron chi connectivity index (χ4n) is 4.37. The highest BCUT2D eigenvalue weighted by Crippen LogP contribution is 2.33. The number of pyridine rings is 1. The SMILES string of the molecule is CC(C)(C)NC(=O)N[C@H](C(=O)N1C[C@H](Oc2nc(-c3ccccn3)nc3ccsc23)CC1C(=O)O)C(C)(C)C. The van der Waals surface area contributed by atoms with E-state index in [2.05, 4.69) is 25.6 Å². The summed E-state index contributed by atoms with van der Waals surface area (Å²) in [4.78, 5) is 53.4. The molecule has 4 heterocycles. The first-order valence-electron chi connectivity index (χ1n) is 12.7. The second kappa shape index (κ2) is 10.8. The van der Waals surface area contributed by atoms with Crippen molar-refractivity contribution in [3.05, 3.63) is 35.8 Å². The lowest BCUT2D eigenvalue weighted by Gasteiger charge is -2.35. The zero-order valence-electron chi connectivity index (χ0n) is 22.9. The Kier molecular flexibility index (Phi) is 7.78. The molecule has 0 aromatic carbocycles. The Morgan fingerprint density at radius 3 is 2.49 bits per heavy atom. The average molecular weight is 555 g/mol. The van der Waals surface area contributed by atoms with E-state index >= 15 is 0 Å². The third kappa shape index (κ3) is 6.62. The van der Waals surface area contributed by atoms with E-state index in [9.17, 15) is 19.5 Å². The van der Waals surface area contributed by atoms with Crippen molar-refractivity contribution in [3.63, 3.8) is 0 Å². The molecule has 3 aromatic rings. The van der Waals surface area contributed by atoms with Crippen LogP contribution in [0, 0.1) is 5.41 Å². The third-order valence-corrected chi connectivity index (χ3v) is 7.04. The van der Waals surface area contributed by atoms with Crippen LogP contribution in [-0.4, -0.2) is 73.1 Å². The number of carboxylic acids is 1. The van der Waals surface area contributed by atoms with Gasteiger partial charge >= 0.3 is 12.0 Å². The number of thiophene rings is 1. The molecule has 12 heteroatoms. The first-order chi connectivity index (χ1) is 18.2. The Hall–Kier alpha value is -3.80. The van der Waals surface area contributed by atoms with Gasteiger partial charge in [-0.25, -0.2) is 14.6 Å². The van der Waals surface area contributed by atoms with Crippen LogP contribution < -0.4 is 15.4 Å². The summed E-state index contributed by atoms with van der Waals surface area (Å²) in [5, 5.41) is 17.4. The van der Waals surface area contributed by atoms with Gasteiger partial charge in [-0.3, -0.25) is 9.78 Å². The number of ether oxygens (including phenoxy) is 1. The molecule has 208 valence electrons. The number of carbonyl (C=O) groups is 3. The summed E-state index contributed by atoms with van der Waals surface area (Å²) in [7, 11) is 0. The number of hydrogen-bond acceptors (Lipinski definition) is 8. The highest BCUT2D eigenvalue weighted by molar-refractivity contribution is 7.17. The van der Waals surface area contributed by atoms with Crippen molar-refractivity contribution < 1.29 is 24.2 Å². The number of nitrogens with one attached hydrogen (secondary N) is 2. The van der Waals surface area contributed by atoms with Gasteiger partial charge in [0.1, 0.15) is 28.6 Å². The smallest absolute Gasteiger partial charge is 0.326 e. The minimum atomic E-state index is -1.14. The normalized spacial score (nSPS) is 18.6. The predicted molar refractivity (Wildman–Crippen MR) is 147 cm³/mol. The minimum absolute atomic E-state index is 0.0285. The molecule has 4 rings (SSSR count). The Labute approximate surface area is 231 Å². The van der Waals surface area contributed by atoms with E-state index in [-0.39, 0.29) is 13.0 Å². The number of carbonyl (C=O) groups excluding carboxylic acids is 2. The maximum atomic E-state index is 13.7. The summed E-state index contributed by atoms with van der Waals surface area (Å²) >= 11 is 1.41. The molecule has 1 aliphatic rings. The Balaban J connectivity index is 1.59. The molecule has 0 saturated carbocycles. The quantitative estimate of drug-likeness (QED) is 0.418. The van der Waals surface area contributed by atoms with Crippen LogP contribution in [0.5, 0.6) is 5.88 Å². The maximum Gasteiger partial charge on any atom is 0.326 e. The summed E-state index contributed by atoms with van der Waals surface area (Å²) in [6.45, 7) is 11.0. The van der Waals surface area contributed by atoms with E-state index in [1.165, 1.54) is 16.2 Å². The van der Waals surface area contributed by atoms with Gasteiger partial charge in [-0.1, -0.05) is 26.8 Å². The lowest BCUT2D eigenvalue weighted by Crippen LogP contribution is -2.60. The monoisotopic (exact) mass is 554 g/mol. The molecule has 11 nitrogen and oxygen atoms in total. The number of urea groups is 1. The molecule has 1 fully saturated rings. The van der Waals surface area contributed by atoms with Crippen molar-refractivity contribution in [1.29, 1.82) is 0 Å². The number of likely N-dealkylation sites (tertiary alicyclic amines) is 1.